The zero-order valence-electron chi connectivity index (χ0n) is 5.62. The van der Waals surface area contributed by atoms with Gasteiger partial charge in [0, 0.05) is 18.6 Å². The molecular formula is C5H14Cl2N2O. The van der Waals surface area contributed by atoms with E-state index >= 15 is 0 Å². The van der Waals surface area contributed by atoms with Crippen LogP contribution in [0.2, 0.25) is 0 Å². The average Bonchev–Trinajstić information content (AvgIpc) is 2.14. The molecule has 0 aromatic carbocycles. The number of hydrogen-bond donors (Lipinski definition) is 3. The van der Waals surface area contributed by atoms with Crippen LogP contribution in [0.5, 0.6) is 0 Å². The molecule has 0 aliphatic carbocycles. The van der Waals surface area contributed by atoms with Gasteiger partial charge in [0.1, 0.15) is 0 Å². The second kappa shape index (κ2) is 6.19. The Morgan fingerprint density at radius 2 is 2.10 bits per heavy atom. The third-order valence-corrected chi connectivity index (χ3v) is 1.48. The third kappa shape index (κ3) is 3.58. The number of nitrogens with one attached hydrogen (secondary N) is 1. The number of hydrogen-bond acceptors (Lipinski definition) is 3. The first-order valence-corrected chi connectivity index (χ1v) is 2.92. The first-order valence-electron chi connectivity index (χ1n) is 2.92. The van der Waals surface area contributed by atoms with E-state index in [-0.39, 0.29) is 43.5 Å². The van der Waals surface area contributed by atoms with Gasteiger partial charge >= 0.3 is 0 Å². The molecule has 5 heteroatoms. The highest BCUT2D eigenvalue weighted by Crippen LogP contribution is 2.01. The van der Waals surface area contributed by atoms with Gasteiger partial charge in [-0.15, -0.1) is 24.8 Å². The van der Waals surface area contributed by atoms with Crippen molar-refractivity contribution in [3.63, 3.8) is 0 Å². The van der Waals surface area contributed by atoms with Crippen molar-refractivity contribution in [2.45, 2.75) is 18.5 Å². The molecule has 0 aromatic heterocycles. The third-order valence-electron chi connectivity index (χ3n) is 1.48. The van der Waals surface area contributed by atoms with Crippen molar-refractivity contribution in [3.8, 4) is 0 Å². The topological polar surface area (TPSA) is 58.3 Å². The first kappa shape index (κ1) is 13.1. The van der Waals surface area contributed by atoms with Crippen LogP contribution in [-0.4, -0.2) is 30.3 Å². The standard InChI is InChI=1S/C5H12N2O.2ClH/c6-4-1-5(3-8)7-2-4;;/h4-5,7-8H,1-3,6H2;2*1H/t4-,5-;;/m1../s1. The maximum Gasteiger partial charge on any atom is 0.0585 e. The van der Waals surface area contributed by atoms with E-state index in [1.165, 1.54) is 0 Å². The Labute approximate surface area is 73.2 Å². The Hall–Kier alpha value is 0.460. The number of aliphatic hydroxyl groups is 1. The fourth-order valence-electron chi connectivity index (χ4n) is 0.989. The summed E-state index contributed by atoms with van der Waals surface area (Å²) in [7, 11) is 0. The monoisotopic (exact) mass is 188 g/mol. The molecule has 0 saturated carbocycles. The summed E-state index contributed by atoms with van der Waals surface area (Å²) in [5.74, 6) is 0. The molecule has 1 saturated heterocycles. The van der Waals surface area contributed by atoms with Crippen molar-refractivity contribution in [3.05, 3.63) is 0 Å². The molecule has 0 spiro atoms. The second-order valence-electron chi connectivity index (χ2n) is 2.28. The van der Waals surface area contributed by atoms with Gasteiger partial charge in [0.25, 0.3) is 0 Å². The lowest BCUT2D eigenvalue weighted by Gasteiger charge is -2.01. The summed E-state index contributed by atoms with van der Waals surface area (Å²) >= 11 is 0. The Kier molecular flexibility index (Phi) is 8.09. The number of rotatable bonds is 1. The van der Waals surface area contributed by atoms with Gasteiger partial charge in [-0.05, 0) is 6.42 Å². The molecule has 1 fully saturated rings. The average molecular weight is 189 g/mol. The molecule has 0 aromatic rings. The highest BCUT2D eigenvalue weighted by molar-refractivity contribution is 5.85. The van der Waals surface area contributed by atoms with Crippen molar-refractivity contribution in [2.24, 2.45) is 5.73 Å². The molecule has 0 bridgehead atoms. The molecule has 10 heavy (non-hydrogen) atoms. The van der Waals surface area contributed by atoms with Crippen LogP contribution in [-0.2, 0) is 0 Å². The summed E-state index contributed by atoms with van der Waals surface area (Å²) < 4.78 is 0. The summed E-state index contributed by atoms with van der Waals surface area (Å²) in [5, 5.41) is 11.6. The lowest BCUT2D eigenvalue weighted by molar-refractivity contribution is 0.254. The van der Waals surface area contributed by atoms with Gasteiger partial charge in [0.15, 0.2) is 0 Å². The van der Waals surface area contributed by atoms with E-state index in [9.17, 15) is 0 Å². The van der Waals surface area contributed by atoms with Crippen LogP contribution in [0, 0.1) is 0 Å². The van der Waals surface area contributed by atoms with Gasteiger partial charge in [-0.25, -0.2) is 0 Å². The fourth-order valence-corrected chi connectivity index (χ4v) is 0.989. The number of nitrogens with two attached hydrogens (primary N) is 1. The molecule has 2 atom stereocenters. The van der Waals surface area contributed by atoms with Crippen LogP contribution in [0.15, 0.2) is 0 Å². The van der Waals surface area contributed by atoms with E-state index in [1.807, 2.05) is 0 Å². The Bertz CT molecular complexity index is 84.0. The van der Waals surface area contributed by atoms with Crippen molar-refractivity contribution in [2.75, 3.05) is 13.2 Å². The number of aliphatic hydroxyl groups excluding tert-OH is 1. The van der Waals surface area contributed by atoms with Gasteiger partial charge in [0.2, 0.25) is 0 Å². The van der Waals surface area contributed by atoms with E-state index < -0.39 is 0 Å². The zero-order valence-corrected chi connectivity index (χ0v) is 7.25. The van der Waals surface area contributed by atoms with Crippen molar-refractivity contribution < 1.29 is 5.11 Å². The molecule has 1 heterocycles. The van der Waals surface area contributed by atoms with Gasteiger partial charge in [-0.3, -0.25) is 0 Å². The summed E-state index contributed by atoms with van der Waals surface area (Å²) in [6, 6.07) is 0.511. The van der Waals surface area contributed by atoms with Crippen LogP contribution in [0.25, 0.3) is 0 Å². The highest BCUT2D eigenvalue weighted by Gasteiger charge is 2.18. The van der Waals surface area contributed by atoms with Gasteiger partial charge < -0.3 is 16.2 Å². The van der Waals surface area contributed by atoms with Crippen LogP contribution in [0.1, 0.15) is 6.42 Å². The van der Waals surface area contributed by atoms with Crippen LogP contribution in [0.3, 0.4) is 0 Å². The van der Waals surface area contributed by atoms with Gasteiger partial charge in [-0.1, -0.05) is 0 Å². The smallest absolute Gasteiger partial charge is 0.0585 e. The Morgan fingerprint density at radius 3 is 2.30 bits per heavy atom. The van der Waals surface area contributed by atoms with E-state index in [0.717, 1.165) is 13.0 Å². The predicted octanol–water partition coefficient (Wildman–Crippen LogP) is -0.489. The maximum atomic E-state index is 8.57. The van der Waals surface area contributed by atoms with E-state index in [4.69, 9.17) is 10.8 Å². The zero-order chi connectivity index (χ0) is 5.98. The van der Waals surface area contributed by atoms with E-state index in [0.29, 0.717) is 0 Å². The fraction of sp³-hybridized carbons (Fsp3) is 1.00. The summed E-state index contributed by atoms with van der Waals surface area (Å²) in [5.41, 5.74) is 5.53. The lowest BCUT2D eigenvalue weighted by atomic mass is 10.2. The first-order chi connectivity index (χ1) is 3.83. The molecule has 4 N–H and O–H groups in total. The quantitative estimate of drug-likeness (QED) is 0.521. The largest absolute Gasteiger partial charge is 0.395 e. The lowest BCUT2D eigenvalue weighted by Crippen LogP contribution is -2.25. The Morgan fingerprint density at radius 1 is 1.50 bits per heavy atom. The van der Waals surface area contributed by atoms with Crippen LogP contribution in [0.4, 0.5) is 0 Å². The summed E-state index contributed by atoms with van der Waals surface area (Å²) in [4.78, 5) is 0. The minimum absolute atomic E-state index is 0. The molecule has 0 radical (unpaired) electrons. The normalized spacial score (nSPS) is 30.6. The highest BCUT2D eigenvalue weighted by atomic mass is 35.5. The second-order valence-corrected chi connectivity index (χ2v) is 2.28. The molecule has 64 valence electrons. The number of halogens is 2. The van der Waals surface area contributed by atoms with Crippen molar-refractivity contribution in [1.82, 2.24) is 5.32 Å². The maximum absolute atomic E-state index is 8.57. The predicted molar refractivity (Wildman–Crippen MR) is 46.0 cm³/mol. The minimum Gasteiger partial charge on any atom is -0.395 e. The van der Waals surface area contributed by atoms with Crippen LogP contribution < -0.4 is 11.1 Å². The SMILES string of the molecule is Cl.Cl.N[C@H]1CN[C@@H](CO)C1. The Balaban J connectivity index is 0. The molecule has 0 amide bonds. The van der Waals surface area contributed by atoms with Crippen molar-refractivity contribution >= 4 is 24.8 Å². The molecule has 0 unspecified atom stereocenters. The minimum atomic E-state index is 0. The van der Waals surface area contributed by atoms with Gasteiger partial charge in [-0.2, -0.15) is 0 Å². The molecule has 3 nitrogen and oxygen atoms in total. The molecule has 1 aliphatic heterocycles. The van der Waals surface area contributed by atoms with Crippen LogP contribution >= 0.6 is 24.8 Å². The summed E-state index contributed by atoms with van der Waals surface area (Å²) in [6.45, 7) is 1.07. The summed E-state index contributed by atoms with van der Waals surface area (Å²) in [6.07, 6.45) is 0.913. The van der Waals surface area contributed by atoms with E-state index in [2.05, 4.69) is 5.32 Å². The van der Waals surface area contributed by atoms with Gasteiger partial charge in [0.05, 0.1) is 6.61 Å². The molecule has 1 rings (SSSR count). The molecule has 1 aliphatic rings. The van der Waals surface area contributed by atoms with E-state index in [1.54, 1.807) is 0 Å². The molecular weight excluding hydrogens is 175 g/mol. The van der Waals surface area contributed by atoms with Crippen molar-refractivity contribution in [1.29, 1.82) is 0 Å².